The Bertz CT molecular complexity index is 1410. The molecule has 168 valence electrons. The van der Waals surface area contributed by atoms with Gasteiger partial charge in [0.1, 0.15) is 5.82 Å². The number of halogens is 1. The molecule has 1 aliphatic heterocycles. The topological polar surface area (TPSA) is 97.3 Å². The number of nitrogens with zero attached hydrogens (tertiary/aromatic N) is 5. The molecule has 0 bridgehead atoms. The Balaban J connectivity index is 1.48. The van der Waals surface area contributed by atoms with Crippen LogP contribution in [0.4, 0.5) is 15.2 Å². The van der Waals surface area contributed by atoms with Crippen molar-refractivity contribution in [3.8, 4) is 5.69 Å². The second-order valence-electron chi connectivity index (χ2n) is 7.89. The van der Waals surface area contributed by atoms with Gasteiger partial charge in [0.25, 0.3) is 11.5 Å². The van der Waals surface area contributed by atoms with Crippen LogP contribution in [0.15, 0.2) is 52.6 Å². The molecular weight excluding hydrogens is 443 g/mol. The van der Waals surface area contributed by atoms with E-state index in [1.54, 1.807) is 34.5 Å². The van der Waals surface area contributed by atoms with Gasteiger partial charge in [0, 0.05) is 36.9 Å². The van der Waals surface area contributed by atoms with Crippen LogP contribution in [0.3, 0.4) is 0 Å². The van der Waals surface area contributed by atoms with Crippen molar-refractivity contribution in [2.24, 2.45) is 0 Å². The number of rotatable bonds is 3. The summed E-state index contributed by atoms with van der Waals surface area (Å²) in [6, 6.07) is 12.0. The molecule has 0 atom stereocenters. The van der Waals surface area contributed by atoms with Gasteiger partial charge in [0.05, 0.1) is 16.1 Å². The van der Waals surface area contributed by atoms with Crippen molar-refractivity contribution in [1.29, 1.82) is 0 Å². The number of nitrogens with two attached hydrogens (primary N) is 1. The van der Waals surface area contributed by atoms with Gasteiger partial charge in [0.15, 0.2) is 5.69 Å². The van der Waals surface area contributed by atoms with E-state index in [-0.39, 0.29) is 17.2 Å². The molecule has 4 aromatic rings. The van der Waals surface area contributed by atoms with E-state index in [0.717, 1.165) is 5.56 Å². The van der Waals surface area contributed by atoms with Gasteiger partial charge in [-0.2, -0.15) is 14.2 Å². The molecule has 1 amide bonds. The van der Waals surface area contributed by atoms with Crippen LogP contribution in [0, 0.1) is 12.9 Å². The smallest absolute Gasteiger partial charge is 0.282 e. The van der Waals surface area contributed by atoms with Crippen LogP contribution < -0.4 is 16.2 Å². The van der Waals surface area contributed by atoms with Crippen molar-refractivity contribution in [3.63, 3.8) is 0 Å². The van der Waals surface area contributed by atoms with E-state index in [1.807, 2.05) is 24.0 Å². The summed E-state index contributed by atoms with van der Waals surface area (Å²) in [5.41, 5.74) is 7.54. The van der Waals surface area contributed by atoms with Crippen LogP contribution in [0.1, 0.15) is 16.1 Å². The van der Waals surface area contributed by atoms with Gasteiger partial charge in [-0.3, -0.25) is 9.59 Å². The number of thiophene rings is 1. The maximum absolute atomic E-state index is 13.5. The first-order valence-electron chi connectivity index (χ1n) is 10.5. The molecule has 2 N–H and O–H groups in total. The third kappa shape index (κ3) is 3.82. The summed E-state index contributed by atoms with van der Waals surface area (Å²) < 4.78 is 14.7. The molecule has 8 nitrogen and oxygen atoms in total. The van der Waals surface area contributed by atoms with Crippen LogP contribution in [-0.2, 0) is 0 Å². The Morgan fingerprint density at radius 3 is 2.52 bits per heavy atom. The number of aromatic nitrogens is 3. The first-order valence-corrected chi connectivity index (χ1v) is 11.3. The Morgan fingerprint density at radius 1 is 1.09 bits per heavy atom. The fourth-order valence-electron chi connectivity index (χ4n) is 3.95. The minimum absolute atomic E-state index is 0.190. The van der Waals surface area contributed by atoms with Gasteiger partial charge >= 0.3 is 0 Å². The molecule has 0 unspecified atom stereocenters. The maximum Gasteiger partial charge on any atom is 0.282 e. The number of piperazine rings is 1. The van der Waals surface area contributed by atoms with Crippen LogP contribution in [0.5, 0.6) is 0 Å². The second kappa shape index (κ2) is 8.28. The number of hydrogen-bond donors (Lipinski definition) is 1. The molecule has 1 aromatic carbocycles. The summed E-state index contributed by atoms with van der Waals surface area (Å²) in [6.07, 6.45) is 0. The lowest BCUT2D eigenvalue weighted by molar-refractivity contribution is 0.0741. The SMILES string of the molecule is Cc1ccc(-n2nc(C(=O)N3CCN(c4cccc(F)n4)CC3)c3csc(N)c3c2=O)cc1. The molecule has 3 aromatic heterocycles. The van der Waals surface area contributed by atoms with E-state index >= 15 is 0 Å². The van der Waals surface area contributed by atoms with Crippen molar-refractivity contribution in [2.75, 3.05) is 36.8 Å². The molecule has 1 saturated heterocycles. The van der Waals surface area contributed by atoms with E-state index in [1.165, 1.54) is 22.1 Å². The zero-order chi connectivity index (χ0) is 23.1. The summed E-state index contributed by atoms with van der Waals surface area (Å²) in [6.45, 7) is 3.81. The monoisotopic (exact) mass is 464 g/mol. The van der Waals surface area contributed by atoms with Gasteiger partial charge in [-0.15, -0.1) is 11.3 Å². The average Bonchev–Trinajstić information content (AvgIpc) is 3.22. The van der Waals surface area contributed by atoms with Crippen LogP contribution in [0.2, 0.25) is 0 Å². The molecule has 0 aliphatic carbocycles. The Morgan fingerprint density at radius 2 is 1.82 bits per heavy atom. The van der Waals surface area contributed by atoms with Crippen molar-refractivity contribution < 1.29 is 9.18 Å². The lowest BCUT2D eigenvalue weighted by Gasteiger charge is -2.35. The normalized spacial score (nSPS) is 14.1. The number of benzene rings is 1. The molecule has 1 fully saturated rings. The van der Waals surface area contributed by atoms with Crippen LogP contribution in [0.25, 0.3) is 16.5 Å². The number of amides is 1. The number of anilines is 2. The number of aryl methyl sites for hydroxylation is 1. The van der Waals surface area contributed by atoms with Gasteiger partial charge in [-0.25, -0.2) is 4.98 Å². The van der Waals surface area contributed by atoms with Crippen molar-refractivity contribution in [3.05, 3.63) is 75.4 Å². The van der Waals surface area contributed by atoms with E-state index < -0.39 is 5.95 Å². The third-order valence-corrected chi connectivity index (χ3v) is 6.56. The highest BCUT2D eigenvalue weighted by Crippen LogP contribution is 2.28. The summed E-state index contributed by atoms with van der Waals surface area (Å²) in [4.78, 5) is 34.2. The summed E-state index contributed by atoms with van der Waals surface area (Å²) >= 11 is 1.22. The number of pyridine rings is 1. The lowest BCUT2D eigenvalue weighted by Crippen LogP contribution is -2.49. The molecule has 4 heterocycles. The first-order chi connectivity index (χ1) is 15.9. The molecule has 0 spiro atoms. The third-order valence-electron chi connectivity index (χ3n) is 5.75. The van der Waals surface area contributed by atoms with E-state index in [0.29, 0.717) is 53.5 Å². The van der Waals surface area contributed by atoms with E-state index in [4.69, 9.17) is 5.73 Å². The number of hydrogen-bond acceptors (Lipinski definition) is 7. The van der Waals surface area contributed by atoms with Crippen LogP contribution >= 0.6 is 11.3 Å². The van der Waals surface area contributed by atoms with Crippen molar-refractivity contribution in [1.82, 2.24) is 19.7 Å². The largest absolute Gasteiger partial charge is 0.390 e. The van der Waals surface area contributed by atoms with Gasteiger partial charge < -0.3 is 15.5 Å². The van der Waals surface area contributed by atoms with Gasteiger partial charge in [-0.05, 0) is 31.2 Å². The Labute approximate surface area is 192 Å². The minimum Gasteiger partial charge on any atom is -0.390 e. The lowest BCUT2D eigenvalue weighted by atomic mass is 10.2. The van der Waals surface area contributed by atoms with Crippen molar-refractivity contribution >= 4 is 38.8 Å². The Hall–Kier alpha value is -3.79. The highest BCUT2D eigenvalue weighted by atomic mass is 32.1. The number of carbonyl (C=O) groups excluding carboxylic acids is 1. The molecular formula is C23H21FN6O2S. The minimum atomic E-state index is -0.536. The molecule has 5 rings (SSSR count). The predicted octanol–water partition coefficient (Wildman–Crippen LogP) is 2.83. The van der Waals surface area contributed by atoms with E-state index in [2.05, 4.69) is 10.1 Å². The highest BCUT2D eigenvalue weighted by molar-refractivity contribution is 7.15. The summed E-state index contributed by atoms with van der Waals surface area (Å²) in [7, 11) is 0. The second-order valence-corrected chi connectivity index (χ2v) is 8.80. The Kier molecular flexibility index (Phi) is 5.29. The number of fused-ring (bicyclic) bond motifs is 1. The molecule has 0 saturated carbocycles. The fourth-order valence-corrected chi connectivity index (χ4v) is 4.74. The zero-order valence-corrected chi connectivity index (χ0v) is 18.7. The standard InChI is InChI=1S/C23H21FN6O2S/c1-14-5-7-15(8-6-14)30-22(31)19-16(13-33-21(19)25)20(27-30)23(32)29-11-9-28(10-12-29)18-4-2-3-17(24)26-18/h2-8,13H,9-12,25H2,1H3. The van der Waals surface area contributed by atoms with E-state index in [9.17, 15) is 14.0 Å². The average molecular weight is 465 g/mol. The zero-order valence-electron chi connectivity index (χ0n) is 17.9. The molecule has 1 aliphatic rings. The fraction of sp³-hybridized carbons (Fsp3) is 0.217. The summed E-state index contributed by atoms with van der Waals surface area (Å²) in [5.74, 6) is -0.266. The summed E-state index contributed by atoms with van der Waals surface area (Å²) in [5, 5.41) is 7.30. The maximum atomic E-state index is 13.5. The first kappa shape index (κ1) is 21.1. The predicted molar refractivity (Wildman–Crippen MR) is 127 cm³/mol. The van der Waals surface area contributed by atoms with Crippen molar-refractivity contribution in [2.45, 2.75) is 6.92 Å². The quantitative estimate of drug-likeness (QED) is 0.469. The van der Waals surface area contributed by atoms with Gasteiger partial charge in [0.2, 0.25) is 5.95 Å². The van der Waals surface area contributed by atoms with Gasteiger partial charge in [-0.1, -0.05) is 23.8 Å². The highest BCUT2D eigenvalue weighted by Gasteiger charge is 2.27. The molecule has 33 heavy (non-hydrogen) atoms. The molecule has 0 radical (unpaired) electrons. The van der Waals surface area contributed by atoms with Crippen LogP contribution in [-0.4, -0.2) is 51.8 Å². The number of carbonyl (C=O) groups is 1. The molecule has 10 heteroatoms. The number of nitrogen functional groups attached to an aromatic ring is 1.